The molecule has 0 radical (unpaired) electrons. The van der Waals surface area contributed by atoms with Gasteiger partial charge in [0.25, 0.3) is 5.91 Å². The Morgan fingerprint density at radius 3 is 3.22 bits per heavy atom. The second-order valence-corrected chi connectivity index (χ2v) is 7.44. The molecule has 0 saturated carbocycles. The highest BCUT2D eigenvalue weighted by atomic mass is 32.1. The van der Waals surface area contributed by atoms with Gasteiger partial charge in [-0.05, 0) is 25.3 Å². The molecular formula is C16H25N3O3S. The number of carbonyl (C=O) groups is 1. The Morgan fingerprint density at radius 1 is 1.65 bits per heavy atom. The predicted molar refractivity (Wildman–Crippen MR) is 89.6 cm³/mol. The van der Waals surface area contributed by atoms with Crippen molar-refractivity contribution in [2.45, 2.75) is 38.3 Å². The third-order valence-corrected chi connectivity index (χ3v) is 5.50. The van der Waals surface area contributed by atoms with Crippen LogP contribution in [0, 0.1) is 5.92 Å². The second-order valence-electron chi connectivity index (χ2n) is 6.58. The summed E-state index contributed by atoms with van der Waals surface area (Å²) in [6.45, 7) is 6.27. The molecule has 1 amide bonds. The number of anilines is 1. The molecule has 6 nitrogen and oxygen atoms in total. The highest BCUT2D eigenvalue weighted by Gasteiger charge is 2.43. The maximum Gasteiger partial charge on any atom is 0.260 e. The van der Waals surface area contributed by atoms with Crippen LogP contribution in [-0.4, -0.2) is 54.8 Å². The first-order valence-electron chi connectivity index (χ1n) is 8.22. The third kappa shape index (κ3) is 3.91. The molecule has 0 spiro atoms. The van der Waals surface area contributed by atoms with Crippen molar-refractivity contribution < 1.29 is 14.3 Å². The summed E-state index contributed by atoms with van der Waals surface area (Å²) in [6, 6.07) is 0. The minimum atomic E-state index is -0.867. The number of likely N-dealkylation sites (tertiary alicyclic amines) is 1. The minimum absolute atomic E-state index is 0.162. The number of nitrogens with one attached hydrogen (secondary N) is 1. The molecule has 2 unspecified atom stereocenters. The monoisotopic (exact) mass is 339 g/mol. The Labute approximate surface area is 141 Å². The second kappa shape index (κ2) is 7.25. The lowest BCUT2D eigenvalue weighted by molar-refractivity contribution is -0.137. The van der Waals surface area contributed by atoms with Crippen molar-refractivity contribution in [3.8, 4) is 0 Å². The van der Waals surface area contributed by atoms with Gasteiger partial charge >= 0.3 is 0 Å². The number of carbonyl (C=O) groups excluding carboxylic acids is 1. The largest absolute Gasteiger partial charge is 0.378 e. The van der Waals surface area contributed by atoms with E-state index in [1.807, 2.05) is 5.38 Å². The lowest BCUT2D eigenvalue weighted by atomic mass is 10.0. The predicted octanol–water partition coefficient (Wildman–Crippen LogP) is 2.12. The van der Waals surface area contributed by atoms with E-state index in [0.29, 0.717) is 24.8 Å². The minimum Gasteiger partial charge on any atom is -0.378 e. The topological polar surface area (TPSA) is 63.7 Å². The summed E-state index contributed by atoms with van der Waals surface area (Å²) in [7, 11) is 1.55. The summed E-state index contributed by atoms with van der Waals surface area (Å²) >= 11 is 1.47. The van der Waals surface area contributed by atoms with Crippen LogP contribution < -0.4 is 5.32 Å². The van der Waals surface area contributed by atoms with Gasteiger partial charge in [-0.1, -0.05) is 6.92 Å². The molecule has 2 saturated heterocycles. The number of thiazole rings is 1. The molecule has 1 aromatic rings. The lowest BCUT2D eigenvalue weighted by Crippen LogP contribution is -2.45. The van der Waals surface area contributed by atoms with Crippen LogP contribution in [0.2, 0.25) is 0 Å². The summed E-state index contributed by atoms with van der Waals surface area (Å²) in [4.78, 5) is 19.4. The lowest BCUT2D eigenvalue weighted by Gasteiger charge is -2.30. The molecule has 128 valence electrons. The van der Waals surface area contributed by atoms with E-state index in [1.165, 1.54) is 24.2 Å². The smallest absolute Gasteiger partial charge is 0.260 e. The van der Waals surface area contributed by atoms with Crippen LogP contribution in [0.3, 0.4) is 0 Å². The Kier molecular flexibility index (Phi) is 5.31. The van der Waals surface area contributed by atoms with Crippen LogP contribution in [0.25, 0.3) is 0 Å². The number of rotatable bonds is 5. The Balaban J connectivity index is 1.57. The fraction of sp³-hybridized carbons (Fsp3) is 0.750. The van der Waals surface area contributed by atoms with E-state index in [1.54, 1.807) is 7.11 Å². The maximum absolute atomic E-state index is 12.5. The molecular weight excluding hydrogens is 314 g/mol. The average Bonchev–Trinajstić information content (AvgIpc) is 3.17. The van der Waals surface area contributed by atoms with E-state index in [2.05, 4.69) is 22.1 Å². The highest BCUT2D eigenvalue weighted by molar-refractivity contribution is 7.13. The summed E-state index contributed by atoms with van der Waals surface area (Å²) in [5.74, 6) is 0.593. The van der Waals surface area contributed by atoms with E-state index in [4.69, 9.17) is 9.47 Å². The van der Waals surface area contributed by atoms with Gasteiger partial charge < -0.3 is 9.47 Å². The quantitative estimate of drug-likeness (QED) is 0.890. The summed E-state index contributed by atoms with van der Waals surface area (Å²) in [5, 5.41) is 5.55. The number of piperidine rings is 1. The molecule has 2 atom stereocenters. The molecule has 0 bridgehead atoms. The number of aromatic nitrogens is 1. The molecule has 7 heteroatoms. The van der Waals surface area contributed by atoms with Crippen molar-refractivity contribution >= 4 is 22.4 Å². The fourth-order valence-corrected chi connectivity index (χ4v) is 3.98. The molecule has 3 heterocycles. The van der Waals surface area contributed by atoms with Gasteiger partial charge in [0.1, 0.15) is 0 Å². The van der Waals surface area contributed by atoms with Crippen molar-refractivity contribution in [2.75, 3.05) is 38.7 Å². The molecule has 23 heavy (non-hydrogen) atoms. The molecule has 2 aliphatic rings. The van der Waals surface area contributed by atoms with Gasteiger partial charge in [0.2, 0.25) is 0 Å². The van der Waals surface area contributed by atoms with Crippen molar-refractivity contribution in [3.63, 3.8) is 0 Å². The number of ether oxygens (including phenoxy) is 2. The van der Waals surface area contributed by atoms with Gasteiger partial charge in [0.05, 0.1) is 18.9 Å². The van der Waals surface area contributed by atoms with Crippen LogP contribution >= 0.6 is 11.3 Å². The van der Waals surface area contributed by atoms with Crippen molar-refractivity contribution in [1.29, 1.82) is 0 Å². The van der Waals surface area contributed by atoms with Crippen molar-refractivity contribution in [2.24, 2.45) is 5.92 Å². The normalized spacial score (nSPS) is 28.9. The van der Waals surface area contributed by atoms with E-state index in [-0.39, 0.29) is 5.91 Å². The zero-order valence-electron chi connectivity index (χ0n) is 13.8. The summed E-state index contributed by atoms with van der Waals surface area (Å²) in [5.41, 5.74) is 0.155. The molecule has 0 aliphatic carbocycles. The number of nitrogens with zero attached hydrogens (tertiary/aromatic N) is 2. The van der Waals surface area contributed by atoms with Gasteiger partial charge in [-0.25, -0.2) is 4.98 Å². The van der Waals surface area contributed by atoms with E-state index < -0.39 is 5.60 Å². The third-order valence-electron chi connectivity index (χ3n) is 4.69. The Morgan fingerprint density at radius 2 is 2.52 bits per heavy atom. The van der Waals surface area contributed by atoms with Gasteiger partial charge in [0, 0.05) is 32.0 Å². The SMILES string of the molecule is COC1(C(=O)Nc2nc(CN3CCCC(C)C3)cs2)CCOC1. The van der Waals surface area contributed by atoms with Gasteiger partial charge in [0.15, 0.2) is 10.7 Å². The zero-order valence-corrected chi connectivity index (χ0v) is 14.7. The number of hydrogen-bond acceptors (Lipinski definition) is 6. The highest BCUT2D eigenvalue weighted by Crippen LogP contribution is 2.26. The fourth-order valence-electron chi connectivity index (χ4n) is 3.29. The number of hydrogen-bond donors (Lipinski definition) is 1. The van der Waals surface area contributed by atoms with E-state index in [9.17, 15) is 4.79 Å². The van der Waals surface area contributed by atoms with Gasteiger partial charge in [-0.3, -0.25) is 15.0 Å². The first-order valence-corrected chi connectivity index (χ1v) is 9.10. The van der Waals surface area contributed by atoms with Crippen LogP contribution in [0.5, 0.6) is 0 Å². The van der Waals surface area contributed by atoms with Crippen molar-refractivity contribution in [1.82, 2.24) is 9.88 Å². The molecule has 3 rings (SSSR count). The first-order chi connectivity index (χ1) is 11.1. The van der Waals surface area contributed by atoms with Gasteiger partial charge in [-0.15, -0.1) is 11.3 Å². The van der Waals surface area contributed by atoms with Crippen LogP contribution in [-0.2, 0) is 20.8 Å². The first kappa shape index (κ1) is 16.8. The van der Waals surface area contributed by atoms with Crippen molar-refractivity contribution in [3.05, 3.63) is 11.1 Å². The molecule has 2 fully saturated rings. The molecule has 1 aromatic heterocycles. The van der Waals surface area contributed by atoms with E-state index >= 15 is 0 Å². The maximum atomic E-state index is 12.5. The summed E-state index contributed by atoms with van der Waals surface area (Å²) < 4.78 is 10.7. The number of methoxy groups -OCH3 is 1. The zero-order chi connectivity index (χ0) is 16.3. The molecule has 0 aromatic carbocycles. The van der Waals surface area contributed by atoms with Crippen LogP contribution in [0.4, 0.5) is 5.13 Å². The average molecular weight is 339 g/mol. The van der Waals surface area contributed by atoms with Crippen LogP contribution in [0.1, 0.15) is 31.9 Å². The molecule has 1 N–H and O–H groups in total. The van der Waals surface area contributed by atoms with Gasteiger partial charge in [-0.2, -0.15) is 0 Å². The number of amides is 1. The van der Waals surface area contributed by atoms with Crippen LogP contribution in [0.15, 0.2) is 5.38 Å². The standard InChI is InChI=1S/C16H25N3O3S/c1-12-4-3-6-19(8-12)9-13-10-23-15(17-13)18-14(20)16(21-2)5-7-22-11-16/h10,12H,3-9,11H2,1-2H3,(H,17,18,20). The summed E-state index contributed by atoms with van der Waals surface area (Å²) in [6.07, 6.45) is 3.15. The Bertz CT molecular complexity index is 542. The molecule has 2 aliphatic heterocycles. The Hall–Kier alpha value is -1.02. The van der Waals surface area contributed by atoms with E-state index in [0.717, 1.165) is 31.2 Å².